The van der Waals surface area contributed by atoms with E-state index in [9.17, 15) is 9.59 Å². The molecule has 166 valence electrons. The van der Waals surface area contributed by atoms with E-state index in [1.54, 1.807) is 22.9 Å². The molecule has 0 amide bonds. The van der Waals surface area contributed by atoms with Crippen LogP contribution in [-0.4, -0.2) is 53.3 Å². The van der Waals surface area contributed by atoms with Crippen molar-refractivity contribution in [2.45, 2.75) is 13.8 Å². The van der Waals surface area contributed by atoms with Crippen molar-refractivity contribution in [3.05, 3.63) is 45.4 Å². The van der Waals surface area contributed by atoms with Crippen molar-refractivity contribution in [2.75, 3.05) is 36.8 Å². The highest BCUT2D eigenvalue weighted by atomic mass is 32.1. The van der Waals surface area contributed by atoms with Crippen LogP contribution >= 0.6 is 11.3 Å². The molecule has 1 fully saturated rings. The van der Waals surface area contributed by atoms with E-state index in [0.29, 0.717) is 23.7 Å². The molecule has 2 aliphatic rings. The Morgan fingerprint density at radius 1 is 1.41 bits per heavy atom. The number of hydrogen-bond donors (Lipinski definition) is 0. The van der Waals surface area contributed by atoms with Crippen molar-refractivity contribution in [1.29, 1.82) is 0 Å². The largest absolute Gasteiger partial charge is 0.561 e. The van der Waals surface area contributed by atoms with E-state index in [2.05, 4.69) is 9.98 Å². The zero-order chi connectivity index (χ0) is 22.8. The van der Waals surface area contributed by atoms with Gasteiger partial charge in [0.2, 0.25) is 10.6 Å². The van der Waals surface area contributed by atoms with Gasteiger partial charge in [-0.1, -0.05) is 13.8 Å². The molecule has 0 spiro atoms. The van der Waals surface area contributed by atoms with Crippen molar-refractivity contribution in [3.8, 4) is 5.75 Å². The summed E-state index contributed by atoms with van der Waals surface area (Å²) in [4.78, 5) is 35.2. The van der Waals surface area contributed by atoms with E-state index >= 15 is 4.39 Å². The first-order valence-corrected chi connectivity index (χ1v) is 10.8. The molecule has 5 rings (SSSR count). The molecule has 0 aliphatic carbocycles. The number of rotatable bonds is 3. The predicted octanol–water partition coefficient (Wildman–Crippen LogP) is 2.00. The quantitative estimate of drug-likeness (QED) is 0.556. The van der Waals surface area contributed by atoms with Crippen LogP contribution in [0.5, 0.6) is 5.75 Å². The van der Waals surface area contributed by atoms with Gasteiger partial charge in [-0.25, -0.2) is 14.4 Å². The van der Waals surface area contributed by atoms with Gasteiger partial charge in [0.05, 0.1) is 18.1 Å². The summed E-state index contributed by atoms with van der Waals surface area (Å²) in [6.07, 6.45) is 3.01. The highest BCUT2D eigenvalue weighted by Crippen LogP contribution is 2.43. The number of carbonyl (C=O) groups excluding carboxylic acids is 1. The fraction of sp³-hybridized carbons (Fsp3) is 0.333. The van der Waals surface area contributed by atoms with Crippen LogP contribution in [0.25, 0.3) is 10.9 Å². The number of benzene rings is 1. The van der Waals surface area contributed by atoms with Crippen LogP contribution in [0, 0.1) is 11.2 Å². The lowest BCUT2D eigenvalue weighted by Crippen LogP contribution is -2.40. The monoisotopic (exact) mass is 458 g/mol. The first kappa shape index (κ1) is 20.4. The van der Waals surface area contributed by atoms with Gasteiger partial charge in [-0.05, 0) is 6.07 Å². The van der Waals surface area contributed by atoms with Crippen molar-refractivity contribution in [3.63, 3.8) is 0 Å². The first-order valence-electron chi connectivity index (χ1n) is 9.92. The smallest absolute Gasteiger partial charge is 0.554 e. The fourth-order valence-corrected chi connectivity index (χ4v) is 4.76. The fourth-order valence-electron chi connectivity index (χ4n) is 4.23. The maximum Gasteiger partial charge on any atom is 0.554 e. The van der Waals surface area contributed by atoms with Crippen LogP contribution in [0.1, 0.15) is 24.2 Å². The van der Waals surface area contributed by atoms with Crippen molar-refractivity contribution in [2.24, 2.45) is 10.4 Å². The molecule has 0 saturated carbocycles. The average Bonchev–Trinajstić information content (AvgIpc) is 3.33. The molecule has 11 heteroatoms. The summed E-state index contributed by atoms with van der Waals surface area (Å²) in [7, 11) is 1.71. The van der Waals surface area contributed by atoms with E-state index < -0.39 is 17.2 Å². The summed E-state index contributed by atoms with van der Waals surface area (Å²) in [5, 5.41) is 11.5. The van der Waals surface area contributed by atoms with Crippen LogP contribution < -0.4 is 20.1 Å². The highest BCUT2D eigenvalue weighted by molar-refractivity contribution is 7.13. The molecule has 2 N–H and O–H groups in total. The third-order valence-corrected chi connectivity index (χ3v) is 6.50. The van der Waals surface area contributed by atoms with Gasteiger partial charge in [0.15, 0.2) is 23.9 Å². The van der Waals surface area contributed by atoms with Crippen molar-refractivity contribution >= 4 is 44.7 Å². The van der Waals surface area contributed by atoms with Gasteiger partial charge in [-0.2, -0.15) is 0 Å². The Hall–Kier alpha value is -3.47. The number of ether oxygens (including phenoxy) is 1. The Morgan fingerprint density at radius 2 is 2.19 bits per heavy atom. The number of carbonyl (C=O) groups is 1. The predicted molar refractivity (Wildman–Crippen MR) is 121 cm³/mol. The molecule has 4 heterocycles. The molecule has 2 aliphatic heterocycles. The lowest BCUT2D eigenvalue weighted by molar-refractivity contribution is 0.0694. The van der Waals surface area contributed by atoms with E-state index in [1.807, 2.05) is 24.1 Å². The summed E-state index contributed by atoms with van der Waals surface area (Å²) in [5.41, 5.74) is 0.167. The number of nitrogens with zero attached hydrogens (tertiary/aromatic N) is 5. The summed E-state index contributed by atoms with van der Waals surface area (Å²) in [6, 6.07) is 1.13. The molecule has 2 aromatic heterocycles. The number of thiazole rings is 1. The van der Waals surface area contributed by atoms with E-state index in [0.717, 1.165) is 11.8 Å². The van der Waals surface area contributed by atoms with Gasteiger partial charge in [0.25, 0.3) is 0 Å². The molecule has 0 unspecified atom stereocenters. The summed E-state index contributed by atoms with van der Waals surface area (Å²) in [5.74, 6) is -1.50. The van der Waals surface area contributed by atoms with Gasteiger partial charge in [-0.3, -0.25) is 14.5 Å². The van der Waals surface area contributed by atoms with Gasteiger partial charge < -0.3 is 14.7 Å². The highest BCUT2D eigenvalue weighted by Gasteiger charge is 2.40. The van der Waals surface area contributed by atoms with Gasteiger partial charge in [0, 0.05) is 41.1 Å². The third kappa shape index (κ3) is 3.03. The first-order chi connectivity index (χ1) is 15.2. The van der Waals surface area contributed by atoms with Crippen LogP contribution in [0.2, 0.25) is 0 Å². The topological polar surface area (TPSA) is 103 Å². The van der Waals surface area contributed by atoms with Gasteiger partial charge in [-0.15, -0.1) is 11.3 Å². The summed E-state index contributed by atoms with van der Waals surface area (Å²) >= 11 is 1.43. The Balaban J connectivity index is 1.70. The van der Waals surface area contributed by atoms with Crippen LogP contribution in [0.15, 0.2) is 33.6 Å². The van der Waals surface area contributed by atoms with Gasteiger partial charge >= 0.3 is 5.97 Å². The number of aromatic nitrogens is 2. The SMILES string of the molecule is CN1COc2c(N3C/C(=N\c4nccs4)C(C)(C)C3)c(F)cc3c(=O)c(C(=O)[OH2+])cn1c23. The Bertz CT molecular complexity index is 1350. The molecule has 32 heavy (non-hydrogen) atoms. The van der Waals surface area contributed by atoms with Crippen molar-refractivity contribution < 1.29 is 19.0 Å². The van der Waals surface area contributed by atoms with Crippen LogP contribution in [-0.2, 0) is 0 Å². The minimum absolute atomic E-state index is 0.000957. The minimum atomic E-state index is -1.11. The van der Waals surface area contributed by atoms with Crippen molar-refractivity contribution in [1.82, 2.24) is 9.66 Å². The second kappa shape index (κ2) is 7.02. The Morgan fingerprint density at radius 3 is 2.88 bits per heavy atom. The number of halogens is 1. The summed E-state index contributed by atoms with van der Waals surface area (Å²) in [6.45, 7) is 5.06. The molecule has 0 bridgehead atoms. The van der Waals surface area contributed by atoms with E-state index in [-0.39, 0.29) is 34.5 Å². The second-order valence-electron chi connectivity index (χ2n) is 8.52. The molecule has 3 aromatic rings. The number of aliphatic imine (C=N–C) groups is 1. The zero-order valence-electron chi connectivity index (χ0n) is 17.7. The second-order valence-corrected chi connectivity index (χ2v) is 9.40. The molecule has 9 nitrogen and oxygen atoms in total. The Labute approximate surface area is 186 Å². The maximum absolute atomic E-state index is 15.5. The normalized spacial score (nSPS) is 18.4. The Kier molecular flexibility index (Phi) is 4.48. The molecule has 0 atom stereocenters. The zero-order valence-corrected chi connectivity index (χ0v) is 18.5. The van der Waals surface area contributed by atoms with E-state index in [4.69, 9.17) is 9.84 Å². The molecular weight excluding hydrogens is 437 g/mol. The summed E-state index contributed by atoms with van der Waals surface area (Å²) < 4.78 is 23.0. The number of anilines is 1. The minimum Gasteiger partial charge on any atom is -0.561 e. The van der Waals surface area contributed by atoms with Gasteiger partial charge in [0.1, 0.15) is 11.2 Å². The lowest BCUT2D eigenvalue weighted by Gasteiger charge is -2.33. The van der Waals surface area contributed by atoms with Crippen LogP contribution in [0.4, 0.5) is 15.2 Å². The number of hydrogen-bond acceptors (Lipinski definition) is 8. The molecule has 0 radical (unpaired) electrons. The lowest BCUT2D eigenvalue weighted by atomic mass is 9.91. The van der Waals surface area contributed by atoms with E-state index in [1.165, 1.54) is 17.5 Å². The average molecular weight is 458 g/mol. The standard InChI is InChI=1S/C21H20FN5O4S/c1-21(2)9-26(8-14(21)24-20-23-4-5-32-20)16-13(22)6-11-15-18(16)31-10-25(3)27(15)7-12(17(11)28)19(29)30/h4-7H,8-10H2,1-3H3,(H,29,30)/p+1/b24-14+. The third-order valence-electron chi connectivity index (χ3n) is 5.83. The molecule has 1 saturated heterocycles. The molecular formula is C21H21FN5O4S+. The maximum atomic E-state index is 15.5. The van der Waals surface area contributed by atoms with Crippen LogP contribution in [0.3, 0.4) is 0 Å². The molecule has 1 aromatic carbocycles. The number of pyridine rings is 1.